The predicted octanol–water partition coefficient (Wildman–Crippen LogP) is 2.31. The third kappa shape index (κ3) is 2.97. The summed E-state index contributed by atoms with van der Waals surface area (Å²) < 4.78 is 10.7. The van der Waals surface area contributed by atoms with Crippen LogP contribution >= 0.6 is 11.6 Å². The Hall–Kier alpha value is -2.21. The van der Waals surface area contributed by atoms with Crippen LogP contribution in [0.2, 0.25) is 5.02 Å². The molecule has 0 aliphatic heterocycles. The summed E-state index contributed by atoms with van der Waals surface area (Å²) in [4.78, 5) is 3.96. The Balaban J connectivity index is 2.10. The third-order valence-electron chi connectivity index (χ3n) is 2.54. The van der Waals surface area contributed by atoms with Crippen LogP contribution in [0.4, 0.5) is 0 Å². The second kappa shape index (κ2) is 5.62. The number of nitrogens with zero attached hydrogens (tertiary/aromatic N) is 2. The molecule has 0 bridgehead atoms. The van der Waals surface area contributed by atoms with Gasteiger partial charge in [-0.25, -0.2) is 4.98 Å². The number of aryl methyl sites for hydroxylation is 1. The van der Waals surface area contributed by atoms with E-state index in [0.717, 1.165) is 5.69 Å². The highest BCUT2D eigenvalue weighted by molar-refractivity contribution is 6.34. The molecule has 0 aliphatic carbocycles. The zero-order chi connectivity index (χ0) is 13.8. The van der Waals surface area contributed by atoms with Gasteiger partial charge in [0.25, 0.3) is 0 Å². The molecule has 1 heterocycles. The van der Waals surface area contributed by atoms with E-state index in [1.807, 2.05) is 6.92 Å². The molecule has 2 aromatic rings. The Morgan fingerprint density at radius 3 is 2.95 bits per heavy atom. The number of oxime groups is 1. The third-order valence-corrected chi connectivity index (χ3v) is 2.85. The molecule has 0 fully saturated rings. The van der Waals surface area contributed by atoms with Crippen molar-refractivity contribution in [3.63, 3.8) is 0 Å². The summed E-state index contributed by atoms with van der Waals surface area (Å²) in [7, 11) is 0. The molecule has 0 atom stereocenters. The van der Waals surface area contributed by atoms with Crippen molar-refractivity contribution in [1.82, 2.24) is 4.98 Å². The first kappa shape index (κ1) is 13.2. The van der Waals surface area contributed by atoms with Gasteiger partial charge in [0.2, 0.25) is 0 Å². The average molecular weight is 282 g/mol. The molecule has 6 nitrogen and oxygen atoms in total. The Labute approximate surface area is 114 Å². The molecule has 0 aliphatic rings. The number of oxazole rings is 1. The smallest absolute Gasteiger partial charge is 0.181 e. The summed E-state index contributed by atoms with van der Waals surface area (Å²) in [6.45, 7) is 2.09. The van der Waals surface area contributed by atoms with Crippen LogP contribution in [0.5, 0.6) is 5.75 Å². The second-order valence-electron chi connectivity index (χ2n) is 3.78. The number of aromatic nitrogens is 1. The van der Waals surface area contributed by atoms with Gasteiger partial charge in [-0.1, -0.05) is 16.8 Å². The van der Waals surface area contributed by atoms with E-state index in [0.29, 0.717) is 22.1 Å². The maximum Gasteiger partial charge on any atom is 0.181 e. The summed E-state index contributed by atoms with van der Waals surface area (Å²) in [6, 6.07) is 4.87. The van der Waals surface area contributed by atoms with E-state index in [4.69, 9.17) is 31.7 Å². The lowest BCUT2D eigenvalue weighted by molar-refractivity contribution is 0.269. The van der Waals surface area contributed by atoms with Crippen LogP contribution in [-0.4, -0.2) is 16.0 Å². The van der Waals surface area contributed by atoms with Crippen LogP contribution in [0.15, 0.2) is 34.2 Å². The molecule has 1 aromatic carbocycles. The molecule has 19 heavy (non-hydrogen) atoms. The van der Waals surface area contributed by atoms with Crippen molar-refractivity contribution in [3.8, 4) is 5.75 Å². The molecular weight excluding hydrogens is 270 g/mol. The quantitative estimate of drug-likeness (QED) is 0.388. The predicted molar refractivity (Wildman–Crippen MR) is 69.5 cm³/mol. The molecule has 7 heteroatoms. The minimum atomic E-state index is -0.0531. The van der Waals surface area contributed by atoms with E-state index in [1.165, 1.54) is 6.39 Å². The fraction of sp³-hybridized carbons (Fsp3) is 0.167. The van der Waals surface area contributed by atoms with Crippen LogP contribution in [0.1, 0.15) is 17.0 Å². The van der Waals surface area contributed by atoms with Gasteiger partial charge in [-0.15, -0.1) is 0 Å². The molecule has 3 N–H and O–H groups in total. The van der Waals surface area contributed by atoms with Crippen molar-refractivity contribution < 1.29 is 14.4 Å². The van der Waals surface area contributed by atoms with Crippen LogP contribution in [0, 0.1) is 6.92 Å². The first-order chi connectivity index (χ1) is 9.11. The van der Waals surface area contributed by atoms with Gasteiger partial charge in [0.1, 0.15) is 12.4 Å². The van der Waals surface area contributed by atoms with Crippen molar-refractivity contribution >= 4 is 17.4 Å². The first-order valence-corrected chi connectivity index (χ1v) is 5.79. The van der Waals surface area contributed by atoms with Crippen molar-refractivity contribution in [2.45, 2.75) is 13.5 Å². The second-order valence-corrected chi connectivity index (χ2v) is 4.18. The number of halogens is 1. The number of ether oxygens (including phenoxy) is 1. The summed E-state index contributed by atoms with van der Waals surface area (Å²) >= 11 is 6.01. The summed E-state index contributed by atoms with van der Waals surface area (Å²) in [5, 5.41) is 11.8. The fourth-order valence-electron chi connectivity index (χ4n) is 1.46. The van der Waals surface area contributed by atoms with Crippen molar-refractivity contribution in [1.29, 1.82) is 0 Å². The zero-order valence-electron chi connectivity index (χ0n) is 10.1. The lowest BCUT2D eigenvalue weighted by Crippen LogP contribution is -2.13. The van der Waals surface area contributed by atoms with Gasteiger partial charge in [0.05, 0.1) is 10.7 Å². The highest BCUT2D eigenvalue weighted by atomic mass is 35.5. The van der Waals surface area contributed by atoms with Crippen LogP contribution < -0.4 is 10.5 Å². The van der Waals surface area contributed by atoms with E-state index in [-0.39, 0.29) is 12.4 Å². The largest absolute Gasteiger partial charge is 0.486 e. The Bertz CT molecular complexity index is 610. The summed E-state index contributed by atoms with van der Waals surface area (Å²) in [5.41, 5.74) is 6.68. The monoisotopic (exact) mass is 281 g/mol. The van der Waals surface area contributed by atoms with Gasteiger partial charge in [0.15, 0.2) is 18.0 Å². The van der Waals surface area contributed by atoms with E-state index in [9.17, 15) is 0 Å². The van der Waals surface area contributed by atoms with Gasteiger partial charge in [0, 0.05) is 5.56 Å². The minimum Gasteiger partial charge on any atom is -0.486 e. The van der Waals surface area contributed by atoms with E-state index in [1.54, 1.807) is 18.2 Å². The van der Waals surface area contributed by atoms with Gasteiger partial charge in [-0.3, -0.25) is 0 Å². The van der Waals surface area contributed by atoms with Crippen LogP contribution in [0.3, 0.4) is 0 Å². The van der Waals surface area contributed by atoms with Crippen molar-refractivity contribution in [2.24, 2.45) is 10.9 Å². The SMILES string of the molecule is Cc1ncoc1COc1ccc(/C(N)=N/O)c(Cl)c1. The summed E-state index contributed by atoms with van der Waals surface area (Å²) in [5.74, 6) is 1.15. The van der Waals surface area contributed by atoms with Crippen molar-refractivity contribution in [3.05, 3.63) is 46.6 Å². The molecule has 0 radical (unpaired) electrons. The molecule has 0 unspecified atom stereocenters. The van der Waals surface area contributed by atoms with Crippen LogP contribution in [0.25, 0.3) is 0 Å². The zero-order valence-corrected chi connectivity index (χ0v) is 10.9. The number of hydrogen-bond donors (Lipinski definition) is 2. The topological polar surface area (TPSA) is 93.9 Å². The van der Waals surface area contributed by atoms with Crippen molar-refractivity contribution in [2.75, 3.05) is 0 Å². The molecule has 0 spiro atoms. The van der Waals surface area contributed by atoms with Gasteiger partial charge >= 0.3 is 0 Å². The number of nitrogens with two attached hydrogens (primary N) is 1. The van der Waals surface area contributed by atoms with E-state index < -0.39 is 0 Å². The standard InChI is InChI=1S/C12H12ClN3O3/c1-7-11(19-6-15-7)5-18-8-2-3-9(10(13)4-8)12(14)16-17/h2-4,6,17H,5H2,1H3,(H2,14,16). The van der Waals surface area contributed by atoms with Gasteiger partial charge in [-0.2, -0.15) is 0 Å². The molecule has 0 saturated heterocycles. The highest BCUT2D eigenvalue weighted by Gasteiger charge is 2.08. The Morgan fingerprint density at radius 2 is 2.37 bits per heavy atom. The maximum absolute atomic E-state index is 8.59. The van der Waals surface area contributed by atoms with E-state index in [2.05, 4.69) is 10.1 Å². The minimum absolute atomic E-state index is 0.0531. The maximum atomic E-state index is 8.59. The highest BCUT2D eigenvalue weighted by Crippen LogP contribution is 2.23. The molecule has 1 aromatic heterocycles. The lowest BCUT2D eigenvalue weighted by Gasteiger charge is -2.07. The molecule has 0 saturated carbocycles. The molecular formula is C12H12ClN3O3. The van der Waals surface area contributed by atoms with Gasteiger partial charge < -0.3 is 20.1 Å². The number of hydrogen-bond acceptors (Lipinski definition) is 5. The number of rotatable bonds is 4. The lowest BCUT2D eigenvalue weighted by atomic mass is 10.2. The normalized spacial score (nSPS) is 11.6. The fourth-order valence-corrected chi connectivity index (χ4v) is 1.73. The number of amidine groups is 1. The molecule has 100 valence electrons. The average Bonchev–Trinajstić information content (AvgIpc) is 2.81. The van der Waals surface area contributed by atoms with E-state index >= 15 is 0 Å². The first-order valence-electron chi connectivity index (χ1n) is 5.41. The Kier molecular flexibility index (Phi) is 3.91. The Morgan fingerprint density at radius 1 is 1.58 bits per heavy atom. The molecule has 0 amide bonds. The van der Waals surface area contributed by atoms with Crippen LogP contribution in [-0.2, 0) is 6.61 Å². The van der Waals surface area contributed by atoms with Gasteiger partial charge in [-0.05, 0) is 25.1 Å². The number of benzene rings is 1. The molecule has 2 rings (SSSR count). The summed E-state index contributed by atoms with van der Waals surface area (Å²) in [6.07, 6.45) is 1.36.